The SMILES string of the molecule is O=C(Nc1ccc(Cl)cc1)N1CC(c2ccc(F)cc2)C(c2ccc(OC(F)(F)C(F)C(F)(F)F)cc2)=N1. The van der Waals surface area contributed by atoms with Gasteiger partial charge in [-0.25, -0.2) is 18.6 Å². The molecule has 3 aromatic carbocycles. The summed E-state index contributed by atoms with van der Waals surface area (Å²) in [4.78, 5) is 12.8. The van der Waals surface area contributed by atoms with E-state index in [9.17, 15) is 35.5 Å². The Kier molecular flexibility index (Phi) is 7.54. The van der Waals surface area contributed by atoms with Gasteiger partial charge < -0.3 is 10.1 Å². The number of hydrazone groups is 1. The Morgan fingerprint density at radius 3 is 2.16 bits per heavy atom. The fraction of sp³-hybridized carbons (Fsp3) is 0.200. The minimum absolute atomic E-state index is 0.0336. The standard InChI is InChI=1S/C25H17ClF7N3O2/c26-16-5-9-18(10-6-16)34-23(37)36-13-20(14-1-7-17(27)8-2-14)21(35-36)15-3-11-19(12-4-15)38-25(32,33)22(28)24(29,30)31/h1-12,20,22H,13H2,(H,34,37). The van der Waals surface area contributed by atoms with Gasteiger partial charge in [-0.15, -0.1) is 0 Å². The molecule has 4 rings (SSSR count). The Labute approximate surface area is 216 Å². The van der Waals surface area contributed by atoms with E-state index in [4.69, 9.17) is 11.6 Å². The summed E-state index contributed by atoms with van der Waals surface area (Å²) in [6.07, 6.45) is -15.5. The monoisotopic (exact) mass is 559 g/mol. The number of alkyl halides is 6. The molecule has 0 fully saturated rings. The highest BCUT2D eigenvalue weighted by Gasteiger charge is 2.59. The number of carbonyl (C=O) groups excluding carboxylic acids is 1. The van der Waals surface area contributed by atoms with Crippen LogP contribution in [-0.4, -0.2) is 41.8 Å². The third-order valence-corrected chi connectivity index (χ3v) is 5.75. The van der Waals surface area contributed by atoms with Crippen LogP contribution in [0.4, 0.5) is 41.2 Å². The van der Waals surface area contributed by atoms with Crippen LogP contribution in [-0.2, 0) is 0 Å². The Morgan fingerprint density at radius 2 is 1.58 bits per heavy atom. The maximum Gasteiger partial charge on any atom is 0.439 e. The summed E-state index contributed by atoms with van der Waals surface area (Å²) in [5, 5.41) is 8.57. The third-order valence-electron chi connectivity index (χ3n) is 5.50. The highest BCUT2D eigenvalue weighted by atomic mass is 35.5. The lowest BCUT2D eigenvalue weighted by molar-refractivity contribution is -0.304. The molecule has 2 atom stereocenters. The average Bonchev–Trinajstić information content (AvgIpc) is 3.31. The van der Waals surface area contributed by atoms with Gasteiger partial charge in [0.2, 0.25) is 0 Å². The summed E-state index contributed by atoms with van der Waals surface area (Å²) < 4.78 is 95.0. The van der Waals surface area contributed by atoms with Crippen molar-refractivity contribution in [2.75, 3.05) is 11.9 Å². The van der Waals surface area contributed by atoms with Crippen molar-refractivity contribution in [2.24, 2.45) is 5.10 Å². The number of carbonyl (C=O) groups is 1. The van der Waals surface area contributed by atoms with Crippen molar-refractivity contribution in [3.8, 4) is 5.75 Å². The van der Waals surface area contributed by atoms with Gasteiger partial charge in [-0.1, -0.05) is 23.7 Å². The molecule has 200 valence electrons. The number of amides is 2. The first kappa shape index (κ1) is 27.2. The van der Waals surface area contributed by atoms with Gasteiger partial charge in [0.1, 0.15) is 11.6 Å². The molecule has 5 nitrogen and oxygen atoms in total. The van der Waals surface area contributed by atoms with Crippen LogP contribution in [0.25, 0.3) is 0 Å². The van der Waals surface area contributed by atoms with Gasteiger partial charge >= 0.3 is 18.3 Å². The number of urea groups is 1. The maximum absolute atomic E-state index is 13.6. The van der Waals surface area contributed by atoms with E-state index < -0.39 is 42.0 Å². The van der Waals surface area contributed by atoms with Crippen molar-refractivity contribution in [3.05, 3.63) is 94.8 Å². The Hall–Kier alpha value is -3.80. The second-order valence-corrected chi connectivity index (χ2v) is 8.64. The molecule has 0 bridgehead atoms. The second-order valence-electron chi connectivity index (χ2n) is 8.20. The van der Waals surface area contributed by atoms with Gasteiger partial charge in [-0.3, -0.25) is 0 Å². The van der Waals surface area contributed by atoms with Crippen molar-refractivity contribution >= 4 is 29.0 Å². The zero-order chi connectivity index (χ0) is 27.7. The maximum atomic E-state index is 13.6. The number of rotatable bonds is 6. The van der Waals surface area contributed by atoms with Crippen LogP contribution in [0.3, 0.4) is 0 Å². The predicted octanol–water partition coefficient (Wildman–Crippen LogP) is 7.39. The molecule has 13 heteroatoms. The van der Waals surface area contributed by atoms with E-state index in [0.29, 0.717) is 27.5 Å². The van der Waals surface area contributed by atoms with Gasteiger partial charge in [0.25, 0.3) is 6.17 Å². The van der Waals surface area contributed by atoms with Crippen LogP contribution in [0.15, 0.2) is 77.9 Å². The van der Waals surface area contributed by atoms with Gasteiger partial charge in [-0.2, -0.15) is 27.1 Å². The van der Waals surface area contributed by atoms with Crippen molar-refractivity contribution in [1.29, 1.82) is 0 Å². The van der Waals surface area contributed by atoms with E-state index in [1.54, 1.807) is 24.3 Å². The summed E-state index contributed by atoms with van der Waals surface area (Å²) in [5.41, 5.74) is 1.63. The number of hydrogen-bond acceptors (Lipinski definition) is 3. The summed E-state index contributed by atoms with van der Waals surface area (Å²) >= 11 is 5.85. The lowest BCUT2D eigenvalue weighted by Gasteiger charge is -2.23. The second kappa shape index (κ2) is 10.5. The number of anilines is 1. The fourth-order valence-corrected chi connectivity index (χ4v) is 3.79. The Bertz CT molecular complexity index is 1310. The van der Waals surface area contributed by atoms with E-state index in [1.807, 2.05) is 0 Å². The zero-order valence-corrected chi connectivity index (χ0v) is 19.8. The summed E-state index contributed by atoms with van der Waals surface area (Å²) in [6.45, 7) is 0.0336. The van der Waals surface area contributed by atoms with Crippen molar-refractivity contribution in [2.45, 2.75) is 24.4 Å². The highest BCUT2D eigenvalue weighted by molar-refractivity contribution is 6.30. The molecule has 2 unspecified atom stereocenters. The van der Waals surface area contributed by atoms with Crippen LogP contribution in [0.2, 0.25) is 5.02 Å². The third kappa shape index (κ3) is 6.18. The summed E-state index contributed by atoms with van der Waals surface area (Å²) in [5.74, 6) is -1.78. The molecule has 0 spiro atoms. The number of nitrogens with zero attached hydrogens (tertiary/aromatic N) is 2. The lowest BCUT2D eigenvalue weighted by atomic mass is 9.90. The molecule has 3 aromatic rings. The Morgan fingerprint density at radius 1 is 0.974 bits per heavy atom. The number of benzene rings is 3. The first-order valence-electron chi connectivity index (χ1n) is 10.9. The van der Waals surface area contributed by atoms with Gasteiger partial charge in [-0.05, 0) is 71.8 Å². The smallest absolute Gasteiger partial charge is 0.430 e. The molecular weight excluding hydrogens is 543 g/mol. The molecular formula is C25H17ClF7N3O2. The van der Waals surface area contributed by atoms with Gasteiger partial charge in [0, 0.05) is 16.6 Å². The van der Waals surface area contributed by atoms with E-state index >= 15 is 0 Å². The largest absolute Gasteiger partial charge is 0.439 e. The molecule has 1 aliphatic rings. The Balaban J connectivity index is 1.59. The van der Waals surface area contributed by atoms with Crippen molar-refractivity contribution < 1.29 is 40.3 Å². The quantitative estimate of drug-likeness (QED) is 0.320. The molecule has 0 radical (unpaired) electrons. The van der Waals surface area contributed by atoms with E-state index in [0.717, 1.165) is 17.1 Å². The first-order valence-corrected chi connectivity index (χ1v) is 11.3. The van der Waals surface area contributed by atoms with Gasteiger partial charge in [0.05, 0.1) is 12.3 Å². The van der Waals surface area contributed by atoms with E-state index in [2.05, 4.69) is 15.2 Å². The molecule has 1 N–H and O–H groups in total. The fourth-order valence-electron chi connectivity index (χ4n) is 3.66. The van der Waals surface area contributed by atoms with Crippen LogP contribution < -0.4 is 10.1 Å². The molecule has 0 aliphatic carbocycles. The van der Waals surface area contributed by atoms with E-state index in [1.165, 1.54) is 36.4 Å². The molecule has 0 aromatic heterocycles. The molecule has 2 amide bonds. The number of nitrogens with one attached hydrogen (secondary N) is 1. The highest BCUT2D eigenvalue weighted by Crippen LogP contribution is 2.37. The first-order chi connectivity index (χ1) is 17.8. The molecule has 1 aliphatic heterocycles. The van der Waals surface area contributed by atoms with Crippen LogP contribution in [0.5, 0.6) is 5.75 Å². The minimum Gasteiger partial charge on any atom is -0.430 e. The molecule has 1 heterocycles. The minimum atomic E-state index is -5.82. The molecule has 0 saturated heterocycles. The average molecular weight is 560 g/mol. The molecule has 0 saturated carbocycles. The summed E-state index contributed by atoms with van der Waals surface area (Å²) in [6, 6.07) is 15.4. The van der Waals surface area contributed by atoms with Gasteiger partial charge in [0.15, 0.2) is 0 Å². The number of ether oxygens (including phenoxy) is 1. The van der Waals surface area contributed by atoms with Crippen LogP contribution in [0.1, 0.15) is 17.0 Å². The van der Waals surface area contributed by atoms with Crippen LogP contribution >= 0.6 is 11.6 Å². The zero-order valence-electron chi connectivity index (χ0n) is 19.0. The lowest BCUT2D eigenvalue weighted by Crippen LogP contribution is -2.45. The predicted molar refractivity (Wildman–Crippen MR) is 126 cm³/mol. The van der Waals surface area contributed by atoms with Crippen LogP contribution in [0, 0.1) is 5.82 Å². The topological polar surface area (TPSA) is 53.9 Å². The normalized spacial score (nSPS) is 16.7. The number of hydrogen-bond donors (Lipinski definition) is 1. The summed E-state index contributed by atoms with van der Waals surface area (Å²) in [7, 11) is 0. The number of halogens is 8. The van der Waals surface area contributed by atoms with Crippen molar-refractivity contribution in [1.82, 2.24) is 5.01 Å². The van der Waals surface area contributed by atoms with E-state index in [-0.39, 0.29) is 6.54 Å². The van der Waals surface area contributed by atoms with Crippen molar-refractivity contribution in [3.63, 3.8) is 0 Å². The molecule has 38 heavy (non-hydrogen) atoms.